The van der Waals surface area contributed by atoms with Crippen LogP contribution < -0.4 is 0 Å². The first kappa shape index (κ1) is 7.79. The first-order chi connectivity index (χ1) is 6.36. The number of benzene rings is 1. The zero-order valence-corrected chi connectivity index (χ0v) is 7.43. The number of nitriles is 2. The summed E-state index contributed by atoms with van der Waals surface area (Å²) in [4.78, 5) is 1.24. The molecule has 0 atom stereocenters. The molecule has 0 aliphatic rings. The Bertz CT molecular complexity index is 492. The van der Waals surface area contributed by atoms with Crippen LogP contribution in [-0.4, -0.2) is 0 Å². The fourth-order valence-corrected chi connectivity index (χ4v) is 2.13. The molecule has 2 nitrogen and oxygen atoms in total. The van der Waals surface area contributed by atoms with Gasteiger partial charge in [0.2, 0.25) is 0 Å². The van der Waals surface area contributed by atoms with E-state index in [0.717, 1.165) is 10.8 Å². The van der Waals surface area contributed by atoms with Crippen molar-refractivity contribution < 1.29 is 0 Å². The van der Waals surface area contributed by atoms with Gasteiger partial charge in [-0.2, -0.15) is 10.5 Å². The lowest BCUT2D eigenvalue weighted by molar-refractivity contribution is 1.53. The molecule has 1 aromatic heterocycles. The van der Waals surface area contributed by atoms with Gasteiger partial charge < -0.3 is 0 Å². The van der Waals surface area contributed by atoms with Gasteiger partial charge in [0, 0.05) is 10.8 Å². The molecule has 1 heterocycles. The van der Waals surface area contributed by atoms with Crippen LogP contribution in [0.1, 0.15) is 9.75 Å². The zero-order chi connectivity index (χ0) is 9.26. The highest BCUT2D eigenvalue weighted by molar-refractivity contribution is 7.14. The molecule has 2 rings (SSSR count). The minimum Gasteiger partial charge on any atom is -0.192 e. The maximum atomic E-state index is 8.80. The molecule has 0 aliphatic heterocycles. The fourth-order valence-electron chi connectivity index (χ4n) is 1.26. The second-order valence-electron chi connectivity index (χ2n) is 2.53. The molecule has 1 aromatic carbocycles. The smallest absolute Gasteiger partial charge is 0.113 e. The minimum absolute atomic E-state index is 0.618. The molecule has 0 fully saturated rings. The molecule has 0 radical (unpaired) electrons. The van der Waals surface area contributed by atoms with Crippen molar-refractivity contribution in [1.82, 2.24) is 0 Å². The van der Waals surface area contributed by atoms with Crippen molar-refractivity contribution in [1.29, 1.82) is 10.5 Å². The van der Waals surface area contributed by atoms with E-state index in [1.165, 1.54) is 11.3 Å². The van der Waals surface area contributed by atoms with Crippen LogP contribution in [0, 0.1) is 22.7 Å². The summed E-state index contributed by atoms with van der Waals surface area (Å²) in [6, 6.07) is 11.7. The Kier molecular flexibility index (Phi) is 1.73. The summed E-state index contributed by atoms with van der Waals surface area (Å²) in [5, 5.41) is 19.4. The second kappa shape index (κ2) is 2.90. The van der Waals surface area contributed by atoms with Crippen molar-refractivity contribution >= 4 is 22.1 Å². The number of hydrogen-bond donors (Lipinski definition) is 0. The average Bonchev–Trinajstić information content (AvgIpc) is 2.56. The first-order valence-electron chi connectivity index (χ1n) is 3.68. The number of hydrogen-bond acceptors (Lipinski definition) is 3. The summed E-state index contributed by atoms with van der Waals surface area (Å²) in [5.41, 5.74) is 0. The Morgan fingerprint density at radius 1 is 0.923 bits per heavy atom. The van der Waals surface area contributed by atoms with Gasteiger partial charge in [0.1, 0.15) is 21.9 Å². The van der Waals surface area contributed by atoms with Gasteiger partial charge in [0.25, 0.3) is 0 Å². The number of fused-ring (bicyclic) bond motifs is 1. The highest BCUT2D eigenvalue weighted by Gasteiger charge is 2.08. The predicted molar refractivity (Wildman–Crippen MR) is 51.3 cm³/mol. The standard InChI is InChI=1S/C10H4N2S/c11-5-9-7-3-1-2-4-8(7)10(6-12)13-9/h1-4H. The molecular formula is C10H4N2S. The molecule has 0 bridgehead atoms. The highest BCUT2D eigenvalue weighted by atomic mass is 32.1. The SMILES string of the molecule is N#Cc1sc(C#N)c2ccccc12. The van der Waals surface area contributed by atoms with Gasteiger partial charge >= 0.3 is 0 Å². The van der Waals surface area contributed by atoms with Crippen LogP contribution in [0.5, 0.6) is 0 Å². The van der Waals surface area contributed by atoms with Crippen LogP contribution in [0.15, 0.2) is 24.3 Å². The molecule has 2 aromatic rings. The lowest BCUT2D eigenvalue weighted by Gasteiger charge is -1.86. The quantitative estimate of drug-likeness (QED) is 0.631. The fraction of sp³-hybridized carbons (Fsp3) is 0. The Labute approximate surface area is 79.3 Å². The molecular weight excluding hydrogens is 180 g/mol. The van der Waals surface area contributed by atoms with E-state index in [0.29, 0.717) is 9.75 Å². The van der Waals surface area contributed by atoms with E-state index >= 15 is 0 Å². The van der Waals surface area contributed by atoms with E-state index in [-0.39, 0.29) is 0 Å². The third-order valence-electron chi connectivity index (χ3n) is 1.82. The molecule has 0 saturated heterocycles. The second-order valence-corrected chi connectivity index (χ2v) is 3.55. The highest BCUT2D eigenvalue weighted by Crippen LogP contribution is 2.29. The van der Waals surface area contributed by atoms with Crippen molar-refractivity contribution in [3.05, 3.63) is 34.0 Å². The van der Waals surface area contributed by atoms with Crippen LogP contribution in [-0.2, 0) is 0 Å². The Hall–Kier alpha value is -1.84. The maximum absolute atomic E-state index is 8.80. The summed E-state index contributed by atoms with van der Waals surface area (Å²) in [7, 11) is 0. The molecule has 0 aliphatic carbocycles. The van der Waals surface area contributed by atoms with Crippen molar-refractivity contribution in [2.75, 3.05) is 0 Å². The lowest BCUT2D eigenvalue weighted by Crippen LogP contribution is -1.67. The molecule has 0 amide bonds. The van der Waals surface area contributed by atoms with Crippen LogP contribution in [0.3, 0.4) is 0 Å². The van der Waals surface area contributed by atoms with E-state index in [1.54, 1.807) is 0 Å². The van der Waals surface area contributed by atoms with Crippen LogP contribution >= 0.6 is 11.3 Å². The van der Waals surface area contributed by atoms with E-state index < -0.39 is 0 Å². The summed E-state index contributed by atoms with van der Waals surface area (Å²) in [6.07, 6.45) is 0. The Morgan fingerprint density at radius 2 is 1.38 bits per heavy atom. The molecule has 3 heteroatoms. The molecule has 60 valence electrons. The summed E-state index contributed by atoms with van der Waals surface area (Å²) in [5.74, 6) is 0. The van der Waals surface area contributed by atoms with E-state index in [4.69, 9.17) is 10.5 Å². The van der Waals surface area contributed by atoms with Crippen LogP contribution in [0.2, 0.25) is 0 Å². The monoisotopic (exact) mass is 184 g/mol. The van der Waals surface area contributed by atoms with Crippen molar-refractivity contribution in [2.45, 2.75) is 0 Å². The van der Waals surface area contributed by atoms with Gasteiger partial charge in [0.05, 0.1) is 0 Å². The van der Waals surface area contributed by atoms with Gasteiger partial charge in [-0.25, -0.2) is 0 Å². The van der Waals surface area contributed by atoms with Gasteiger partial charge in [-0.05, 0) is 0 Å². The van der Waals surface area contributed by atoms with Crippen LogP contribution in [0.25, 0.3) is 10.8 Å². The third-order valence-corrected chi connectivity index (χ3v) is 2.85. The third kappa shape index (κ3) is 1.07. The largest absolute Gasteiger partial charge is 0.192 e. The molecule has 0 saturated carbocycles. The van der Waals surface area contributed by atoms with Gasteiger partial charge in [-0.15, -0.1) is 11.3 Å². The predicted octanol–water partition coefficient (Wildman–Crippen LogP) is 2.64. The van der Waals surface area contributed by atoms with E-state index in [9.17, 15) is 0 Å². The molecule has 0 unspecified atom stereocenters. The maximum Gasteiger partial charge on any atom is 0.113 e. The van der Waals surface area contributed by atoms with Gasteiger partial charge in [-0.3, -0.25) is 0 Å². The summed E-state index contributed by atoms with van der Waals surface area (Å²) < 4.78 is 0. The first-order valence-corrected chi connectivity index (χ1v) is 4.50. The van der Waals surface area contributed by atoms with Crippen LogP contribution in [0.4, 0.5) is 0 Å². The zero-order valence-electron chi connectivity index (χ0n) is 6.61. The Morgan fingerprint density at radius 3 is 1.77 bits per heavy atom. The summed E-state index contributed by atoms with van der Waals surface area (Å²) in [6.45, 7) is 0. The van der Waals surface area contributed by atoms with Crippen molar-refractivity contribution in [3.63, 3.8) is 0 Å². The number of nitrogens with zero attached hydrogens (tertiary/aromatic N) is 2. The average molecular weight is 184 g/mol. The van der Waals surface area contributed by atoms with Crippen molar-refractivity contribution in [3.8, 4) is 12.1 Å². The van der Waals surface area contributed by atoms with E-state index in [1.807, 2.05) is 24.3 Å². The topological polar surface area (TPSA) is 47.6 Å². The Balaban J connectivity index is 2.94. The minimum atomic E-state index is 0.618. The lowest BCUT2D eigenvalue weighted by atomic mass is 10.1. The van der Waals surface area contributed by atoms with E-state index in [2.05, 4.69) is 12.1 Å². The number of thiophene rings is 1. The number of rotatable bonds is 0. The molecule has 0 spiro atoms. The summed E-state index contributed by atoms with van der Waals surface area (Å²) >= 11 is 1.25. The van der Waals surface area contributed by atoms with Gasteiger partial charge in [0.15, 0.2) is 0 Å². The normalized spacial score (nSPS) is 9.38. The molecule has 0 N–H and O–H groups in total. The molecule has 13 heavy (non-hydrogen) atoms. The van der Waals surface area contributed by atoms with Gasteiger partial charge in [-0.1, -0.05) is 24.3 Å². The van der Waals surface area contributed by atoms with Crippen molar-refractivity contribution in [2.24, 2.45) is 0 Å².